The Labute approximate surface area is 130 Å². The van der Waals surface area contributed by atoms with Crippen LogP contribution in [0.25, 0.3) is 0 Å². The van der Waals surface area contributed by atoms with Gasteiger partial charge in [-0.05, 0) is 37.8 Å². The van der Waals surface area contributed by atoms with Gasteiger partial charge in [-0.3, -0.25) is 9.78 Å². The zero-order chi connectivity index (χ0) is 15.6. The molecular formula is C17H22N4O. The number of nitrogens with one attached hydrogen (secondary N) is 1. The molecule has 0 radical (unpaired) electrons. The first-order valence-electron chi connectivity index (χ1n) is 7.83. The summed E-state index contributed by atoms with van der Waals surface area (Å²) in [6.45, 7) is 4.82. The number of amides is 1. The van der Waals surface area contributed by atoms with Gasteiger partial charge < -0.3 is 9.88 Å². The molecule has 1 N–H and O–H groups in total. The molecule has 3 rings (SSSR count). The molecule has 5 heteroatoms. The SMILES string of the molecule is CC[C@@H](NC(=O)C1(Cn2ccnc2)CC1)c1ncccc1C. The van der Waals surface area contributed by atoms with Crippen LogP contribution < -0.4 is 5.32 Å². The molecule has 1 saturated carbocycles. The number of pyridine rings is 1. The second-order valence-electron chi connectivity index (χ2n) is 6.16. The highest BCUT2D eigenvalue weighted by molar-refractivity contribution is 5.85. The predicted octanol–water partition coefficient (Wildman–Crippen LogP) is 2.63. The molecule has 0 aromatic carbocycles. The van der Waals surface area contributed by atoms with Crippen molar-refractivity contribution in [2.45, 2.75) is 45.7 Å². The van der Waals surface area contributed by atoms with Gasteiger partial charge in [0.05, 0.1) is 23.5 Å². The first-order valence-corrected chi connectivity index (χ1v) is 7.83. The molecule has 2 aromatic heterocycles. The number of aryl methyl sites for hydroxylation is 1. The van der Waals surface area contributed by atoms with E-state index in [-0.39, 0.29) is 17.4 Å². The standard InChI is InChI=1S/C17H22N4O/c1-3-14(15-13(2)5-4-8-19-15)20-16(22)17(6-7-17)11-21-10-9-18-12-21/h4-5,8-10,12,14H,3,6-7,11H2,1-2H3,(H,20,22)/t14-/m1/s1. The van der Waals surface area contributed by atoms with E-state index in [2.05, 4.69) is 22.2 Å². The summed E-state index contributed by atoms with van der Waals surface area (Å²) >= 11 is 0. The van der Waals surface area contributed by atoms with E-state index >= 15 is 0 Å². The Morgan fingerprint density at radius 2 is 2.27 bits per heavy atom. The van der Waals surface area contributed by atoms with Crippen LogP contribution in [0.3, 0.4) is 0 Å². The molecule has 22 heavy (non-hydrogen) atoms. The van der Waals surface area contributed by atoms with Gasteiger partial charge in [0.15, 0.2) is 0 Å². The Kier molecular flexibility index (Phi) is 3.96. The largest absolute Gasteiger partial charge is 0.347 e. The fourth-order valence-electron chi connectivity index (χ4n) is 2.88. The van der Waals surface area contributed by atoms with E-state index in [0.29, 0.717) is 6.54 Å². The lowest BCUT2D eigenvalue weighted by atomic mass is 10.0. The summed E-state index contributed by atoms with van der Waals surface area (Å²) in [4.78, 5) is 21.2. The van der Waals surface area contributed by atoms with Gasteiger partial charge >= 0.3 is 0 Å². The molecule has 1 fully saturated rings. The molecule has 116 valence electrons. The van der Waals surface area contributed by atoms with E-state index in [1.807, 2.05) is 29.8 Å². The van der Waals surface area contributed by atoms with Crippen LogP contribution in [-0.4, -0.2) is 20.4 Å². The Morgan fingerprint density at radius 3 is 2.86 bits per heavy atom. The van der Waals surface area contributed by atoms with Crippen molar-refractivity contribution in [2.24, 2.45) is 5.41 Å². The summed E-state index contributed by atoms with van der Waals surface area (Å²) in [7, 11) is 0. The van der Waals surface area contributed by atoms with Crippen LogP contribution >= 0.6 is 0 Å². The Hall–Kier alpha value is -2.17. The predicted molar refractivity (Wildman–Crippen MR) is 84.0 cm³/mol. The highest BCUT2D eigenvalue weighted by atomic mass is 16.2. The van der Waals surface area contributed by atoms with Crippen LogP contribution in [0.15, 0.2) is 37.1 Å². The summed E-state index contributed by atoms with van der Waals surface area (Å²) in [5.41, 5.74) is 1.82. The van der Waals surface area contributed by atoms with Crippen LogP contribution in [0.5, 0.6) is 0 Å². The third kappa shape index (κ3) is 2.89. The highest BCUT2D eigenvalue weighted by Gasteiger charge is 2.50. The Morgan fingerprint density at radius 1 is 1.45 bits per heavy atom. The molecule has 1 aliphatic rings. The number of hydrogen-bond acceptors (Lipinski definition) is 3. The van der Waals surface area contributed by atoms with Crippen LogP contribution in [0, 0.1) is 12.3 Å². The van der Waals surface area contributed by atoms with Gasteiger partial charge in [0.2, 0.25) is 5.91 Å². The average molecular weight is 298 g/mol. The van der Waals surface area contributed by atoms with Crippen molar-refractivity contribution < 1.29 is 4.79 Å². The zero-order valence-electron chi connectivity index (χ0n) is 13.1. The molecule has 1 amide bonds. The van der Waals surface area contributed by atoms with Gasteiger partial charge in [-0.2, -0.15) is 0 Å². The summed E-state index contributed by atoms with van der Waals surface area (Å²) in [5.74, 6) is 0.137. The lowest BCUT2D eigenvalue weighted by molar-refractivity contribution is -0.127. The first kappa shape index (κ1) is 14.8. The molecule has 2 heterocycles. The zero-order valence-corrected chi connectivity index (χ0v) is 13.1. The van der Waals surface area contributed by atoms with Gasteiger partial charge in [0.1, 0.15) is 0 Å². The maximum atomic E-state index is 12.7. The van der Waals surface area contributed by atoms with Crippen LogP contribution in [0.2, 0.25) is 0 Å². The minimum atomic E-state index is -0.267. The van der Waals surface area contributed by atoms with Crippen LogP contribution in [0.1, 0.15) is 43.5 Å². The lowest BCUT2D eigenvalue weighted by Crippen LogP contribution is -2.37. The van der Waals surface area contributed by atoms with E-state index in [9.17, 15) is 4.79 Å². The normalized spacial score (nSPS) is 17.0. The molecule has 1 atom stereocenters. The highest BCUT2D eigenvalue weighted by Crippen LogP contribution is 2.47. The number of rotatable bonds is 6. The topological polar surface area (TPSA) is 59.8 Å². The first-order chi connectivity index (χ1) is 10.6. The quantitative estimate of drug-likeness (QED) is 0.892. The molecule has 0 aliphatic heterocycles. The lowest BCUT2D eigenvalue weighted by Gasteiger charge is -2.22. The van der Waals surface area contributed by atoms with Gasteiger partial charge in [0, 0.05) is 25.1 Å². The summed E-state index contributed by atoms with van der Waals surface area (Å²) in [5, 5.41) is 3.20. The van der Waals surface area contributed by atoms with Crippen molar-refractivity contribution in [3.05, 3.63) is 48.3 Å². The van der Waals surface area contributed by atoms with Crippen molar-refractivity contribution in [3.8, 4) is 0 Å². The van der Waals surface area contributed by atoms with Crippen molar-refractivity contribution in [3.63, 3.8) is 0 Å². The summed E-state index contributed by atoms with van der Waals surface area (Å²) in [6, 6.07) is 3.94. The van der Waals surface area contributed by atoms with Crippen LogP contribution in [0.4, 0.5) is 0 Å². The third-order valence-corrected chi connectivity index (χ3v) is 4.47. The van der Waals surface area contributed by atoms with Crippen LogP contribution in [-0.2, 0) is 11.3 Å². The van der Waals surface area contributed by atoms with Gasteiger partial charge in [-0.15, -0.1) is 0 Å². The number of imidazole rings is 1. The van der Waals surface area contributed by atoms with E-state index in [4.69, 9.17) is 0 Å². The molecular weight excluding hydrogens is 276 g/mol. The second-order valence-corrected chi connectivity index (χ2v) is 6.16. The number of hydrogen-bond donors (Lipinski definition) is 1. The molecule has 0 bridgehead atoms. The number of carbonyl (C=O) groups excluding carboxylic acids is 1. The average Bonchev–Trinajstić information content (AvgIpc) is 3.12. The maximum Gasteiger partial charge on any atom is 0.228 e. The minimum absolute atomic E-state index is 0.0195. The van der Waals surface area contributed by atoms with Gasteiger partial charge in [-0.25, -0.2) is 4.98 Å². The maximum absolute atomic E-state index is 12.7. The van der Waals surface area contributed by atoms with E-state index in [0.717, 1.165) is 30.5 Å². The van der Waals surface area contributed by atoms with E-state index < -0.39 is 0 Å². The third-order valence-electron chi connectivity index (χ3n) is 4.47. The van der Waals surface area contributed by atoms with Gasteiger partial charge in [-0.1, -0.05) is 13.0 Å². The van der Waals surface area contributed by atoms with Crippen molar-refractivity contribution in [1.82, 2.24) is 19.9 Å². The van der Waals surface area contributed by atoms with Gasteiger partial charge in [0.25, 0.3) is 0 Å². The van der Waals surface area contributed by atoms with Crippen molar-refractivity contribution in [1.29, 1.82) is 0 Å². The molecule has 0 spiro atoms. The second kappa shape index (κ2) is 5.91. The minimum Gasteiger partial charge on any atom is -0.347 e. The van der Waals surface area contributed by atoms with E-state index in [1.54, 1.807) is 18.7 Å². The fraction of sp³-hybridized carbons (Fsp3) is 0.471. The fourth-order valence-corrected chi connectivity index (χ4v) is 2.88. The molecule has 1 aliphatic carbocycles. The van der Waals surface area contributed by atoms with Crippen molar-refractivity contribution >= 4 is 5.91 Å². The van der Waals surface area contributed by atoms with Crippen molar-refractivity contribution in [2.75, 3.05) is 0 Å². The monoisotopic (exact) mass is 298 g/mol. The number of aromatic nitrogens is 3. The summed E-state index contributed by atoms with van der Waals surface area (Å²) < 4.78 is 1.99. The molecule has 0 saturated heterocycles. The molecule has 2 aromatic rings. The number of nitrogens with zero attached hydrogens (tertiary/aromatic N) is 3. The van der Waals surface area contributed by atoms with E-state index in [1.165, 1.54) is 0 Å². The molecule has 5 nitrogen and oxygen atoms in total. The Balaban J connectivity index is 1.71. The molecule has 0 unspecified atom stereocenters. The smallest absolute Gasteiger partial charge is 0.228 e. The summed E-state index contributed by atoms with van der Waals surface area (Å²) in [6.07, 6.45) is 9.94. The Bertz CT molecular complexity index is 646. The number of carbonyl (C=O) groups is 1.